The molecule has 0 saturated carbocycles. The zero-order valence-corrected chi connectivity index (χ0v) is 12.8. The number of nitrogens with one attached hydrogen (secondary N) is 2. The fraction of sp³-hybridized carbons (Fsp3) is 0.438. The van der Waals surface area contributed by atoms with Crippen molar-refractivity contribution in [2.45, 2.75) is 12.5 Å². The van der Waals surface area contributed by atoms with Gasteiger partial charge in [-0.15, -0.1) is 0 Å². The molecule has 5 heteroatoms. The number of rotatable bonds is 7. The van der Waals surface area contributed by atoms with E-state index in [4.69, 9.17) is 4.74 Å². The summed E-state index contributed by atoms with van der Waals surface area (Å²) in [5, 5.41) is 13.8. The SMILES string of the molecule is COc1ccc2[nH]cc(C(C#N)NCCCN(C)C)c2c1. The summed E-state index contributed by atoms with van der Waals surface area (Å²) in [6, 6.07) is 7.87. The third-order valence-corrected chi connectivity index (χ3v) is 3.49. The number of ether oxygens (including phenoxy) is 1. The predicted molar refractivity (Wildman–Crippen MR) is 84.4 cm³/mol. The molecule has 0 saturated heterocycles. The van der Waals surface area contributed by atoms with Crippen molar-refractivity contribution >= 4 is 10.9 Å². The van der Waals surface area contributed by atoms with Gasteiger partial charge in [0.1, 0.15) is 11.8 Å². The number of aromatic amines is 1. The third-order valence-electron chi connectivity index (χ3n) is 3.49. The number of benzene rings is 1. The summed E-state index contributed by atoms with van der Waals surface area (Å²) in [5.74, 6) is 0.799. The van der Waals surface area contributed by atoms with Crippen LogP contribution in [0.15, 0.2) is 24.4 Å². The Morgan fingerprint density at radius 3 is 2.90 bits per heavy atom. The Labute approximate surface area is 125 Å². The van der Waals surface area contributed by atoms with E-state index in [9.17, 15) is 5.26 Å². The Bertz CT molecular complexity index is 627. The minimum atomic E-state index is -0.312. The van der Waals surface area contributed by atoms with Crippen LogP contribution in [0.25, 0.3) is 10.9 Å². The molecule has 1 aromatic carbocycles. The molecule has 0 bridgehead atoms. The summed E-state index contributed by atoms with van der Waals surface area (Å²) in [6.45, 7) is 1.82. The highest BCUT2D eigenvalue weighted by Crippen LogP contribution is 2.27. The van der Waals surface area contributed by atoms with E-state index in [1.54, 1.807) is 7.11 Å². The predicted octanol–water partition coefficient (Wildman–Crippen LogP) is 2.28. The maximum Gasteiger partial charge on any atom is 0.123 e. The second-order valence-corrected chi connectivity index (χ2v) is 5.33. The van der Waals surface area contributed by atoms with E-state index in [1.807, 2.05) is 38.5 Å². The Hall–Kier alpha value is -2.03. The molecule has 2 aromatic rings. The molecule has 5 nitrogen and oxygen atoms in total. The smallest absolute Gasteiger partial charge is 0.123 e. The van der Waals surface area contributed by atoms with Crippen LogP contribution >= 0.6 is 0 Å². The monoisotopic (exact) mass is 286 g/mol. The van der Waals surface area contributed by atoms with Crippen LogP contribution in [0.2, 0.25) is 0 Å². The number of methoxy groups -OCH3 is 1. The van der Waals surface area contributed by atoms with E-state index in [1.165, 1.54) is 0 Å². The van der Waals surface area contributed by atoms with Crippen LogP contribution in [0.3, 0.4) is 0 Å². The minimum absolute atomic E-state index is 0.312. The van der Waals surface area contributed by atoms with Crippen molar-refractivity contribution < 1.29 is 4.74 Å². The summed E-state index contributed by atoms with van der Waals surface area (Å²) in [4.78, 5) is 5.35. The summed E-state index contributed by atoms with van der Waals surface area (Å²) >= 11 is 0. The Balaban J connectivity index is 2.12. The Morgan fingerprint density at radius 1 is 1.43 bits per heavy atom. The lowest BCUT2D eigenvalue weighted by atomic mass is 10.1. The Morgan fingerprint density at radius 2 is 2.24 bits per heavy atom. The zero-order valence-electron chi connectivity index (χ0n) is 12.8. The largest absolute Gasteiger partial charge is 0.497 e. The molecule has 0 aliphatic carbocycles. The van der Waals surface area contributed by atoms with Gasteiger partial charge in [-0.25, -0.2) is 0 Å². The first-order valence-electron chi connectivity index (χ1n) is 7.08. The molecule has 0 fully saturated rings. The molecule has 112 valence electrons. The molecule has 1 unspecified atom stereocenters. The molecule has 1 heterocycles. The molecule has 1 atom stereocenters. The molecule has 0 aliphatic heterocycles. The van der Waals surface area contributed by atoms with E-state index in [0.29, 0.717) is 0 Å². The van der Waals surface area contributed by atoms with Gasteiger partial charge in [0.25, 0.3) is 0 Å². The van der Waals surface area contributed by atoms with E-state index in [-0.39, 0.29) is 6.04 Å². The number of nitrogens with zero attached hydrogens (tertiary/aromatic N) is 2. The van der Waals surface area contributed by atoms with Crippen LogP contribution in [-0.4, -0.2) is 44.2 Å². The second kappa shape index (κ2) is 7.11. The molecule has 1 aromatic heterocycles. The minimum Gasteiger partial charge on any atom is -0.497 e. The number of nitriles is 1. The number of aromatic nitrogens is 1. The fourth-order valence-electron chi connectivity index (χ4n) is 2.35. The average molecular weight is 286 g/mol. The van der Waals surface area contributed by atoms with Gasteiger partial charge in [0.2, 0.25) is 0 Å². The first-order valence-corrected chi connectivity index (χ1v) is 7.08. The summed E-state index contributed by atoms with van der Waals surface area (Å²) < 4.78 is 5.26. The summed E-state index contributed by atoms with van der Waals surface area (Å²) in [6.07, 6.45) is 2.91. The Kier molecular flexibility index (Phi) is 5.20. The number of fused-ring (bicyclic) bond motifs is 1. The first kappa shape index (κ1) is 15.4. The van der Waals surface area contributed by atoms with Crippen molar-refractivity contribution in [2.75, 3.05) is 34.3 Å². The van der Waals surface area contributed by atoms with Crippen LogP contribution in [0.4, 0.5) is 0 Å². The maximum atomic E-state index is 9.42. The highest BCUT2D eigenvalue weighted by Gasteiger charge is 2.15. The molecule has 2 N–H and O–H groups in total. The average Bonchev–Trinajstić information content (AvgIpc) is 2.90. The summed E-state index contributed by atoms with van der Waals surface area (Å²) in [7, 11) is 5.75. The first-order chi connectivity index (χ1) is 10.2. The van der Waals surface area contributed by atoms with Gasteiger partial charge in [-0.3, -0.25) is 5.32 Å². The quantitative estimate of drug-likeness (QED) is 0.767. The van der Waals surface area contributed by atoms with Gasteiger partial charge < -0.3 is 14.6 Å². The van der Waals surface area contributed by atoms with Gasteiger partial charge in [0, 0.05) is 22.7 Å². The van der Waals surface area contributed by atoms with Crippen LogP contribution in [0.1, 0.15) is 18.0 Å². The molecule has 0 radical (unpaired) electrons. The van der Waals surface area contributed by atoms with Crippen molar-refractivity contribution in [1.29, 1.82) is 5.26 Å². The lowest BCUT2D eigenvalue weighted by Crippen LogP contribution is -2.24. The second-order valence-electron chi connectivity index (χ2n) is 5.33. The molecule has 0 amide bonds. The lowest BCUT2D eigenvalue weighted by molar-refractivity contribution is 0.392. The molecular weight excluding hydrogens is 264 g/mol. The van der Waals surface area contributed by atoms with E-state index < -0.39 is 0 Å². The van der Waals surface area contributed by atoms with Gasteiger partial charge >= 0.3 is 0 Å². The molecule has 0 spiro atoms. The van der Waals surface area contributed by atoms with Crippen molar-refractivity contribution in [1.82, 2.24) is 15.2 Å². The van der Waals surface area contributed by atoms with Crippen molar-refractivity contribution in [3.05, 3.63) is 30.0 Å². The fourth-order valence-corrected chi connectivity index (χ4v) is 2.35. The molecule has 0 aliphatic rings. The molecule has 2 rings (SSSR count). The van der Waals surface area contributed by atoms with E-state index in [2.05, 4.69) is 21.3 Å². The van der Waals surface area contributed by atoms with Crippen molar-refractivity contribution in [2.24, 2.45) is 0 Å². The van der Waals surface area contributed by atoms with E-state index in [0.717, 1.165) is 41.7 Å². The highest BCUT2D eigenvalue weighted by atomic mass is 16.5. The highest BCUT2D eigenvalue weighted by molar-refractivity contribution is 5.85. The molecule has 21 heavy (non-hydrogen) atoms. The number of hydrogen-bond acceptors (Lipinski definition) is 4. The van der Waals surface area contributed by atoms with Crippen LogP contribution in [0, 0.1) is 11.3 Å². The van der Waals surface area contributed by atoms with Gasteiger partial charge in [0.05, 0.1) is 13.2 Å². The molecular formula is C16H22N4O. The summed E-state index contributed by atoms with van der Waals surface area (Å²) in [5.41, 5.74) is 1.98. The van der Waals surface area contributed by atoms with Crippen LogP contribution < -0.4 is 10.1 Å². The standard InChI is InChI=1S/C16H22N4O/c1-20(2)8-4-7-18-16(10-17)14-11-19-15-6-5-12(21-3)9-13(14)15/h5-6,9,11,16,18-19H,4,7-8H2,1-3H3. The third kappa shape index (κ3) is 3.75. The zero-order chi connectivity index (χ0) is 15.2. The maximum absolute atomic E-state index is 9.42. The topological polar surface area (TPSA) is 64.1 Å². The van der Waals surface area contributed by atoms with Gasteiger partial charge in [-0.2, -0.15) is 5.26 Å². The van der Waals surface area contributed by atoms with Gasteiger partial charge in [0.15, 0.2) is 0 Å². The number of H-pyrrole nitrogens is 1. The van der Waals surface area contributed by atoms with Gasteiger partial charge in [-0.05, 0) is 51.8 Å². The number of hydrogen-bond donors (Lipinski definition) is 2. The van der Waals surface area contributed by atoms with Gasteiger partial charge in [-0.1, -0.05) is 0 Å². The normalized spacial score (nSPS) is 12.5. The van der Waals surface area contributed by atoms with Crippen molar-refractivity contribution in [3.63, 3.8) is 0 Å². The van der Waals surface area contributed by atoms with Crippen LogP contribution in [0.5, 0.6) is 5.75 Å². The van der Waals surface area contributed by atoms with E-state index >= 15 is 0 Å². The van der Waals surface area contributed by atoms with Crippen molar-refractivity contribution in [3.8, 4) is 11.8 Å². The lowest BCUT2D eigenvalue weighted by Gasteiger charge is -2.13. The van der Waals surface area contributed by atoms with Crippen LogP contribution in [-0.2, 0) is 0 Å².